The monoisotopic (exact) mass is 108 g/mol. The normalized spacial score (nSPS) is 31.0. The molecule has 2 rings (SSSR count). The van der Waals surface area contributed by atoms with Gasteiger partial charge in [-0.25, -0.2) is 0 Å². The van der Waals surface area contributed by atoms with Crippen LogP contribution in [0.25, 0.3) is 0 Å². The minimum absolute atomic E-state index is 0.735. The van der Waals surface area contributed by atoms with E-state index < -0.39 is 8.07 Å². The van der Waals surface area contributed by atoms with Gasteiger partial charge < -0.3 is 0 Å². The highest BCUT2D eigenvalue weighted by Crippen LogP contribution is 2.43. The zero-order valence-electron chi connectivity index (χ0n) is 4.39. The zero-order valence-corrected chi connectivity index (χ0v) is 5.39. The van der Waals surface area contributed by atoms with Crippen molar-refractivity contribution in [3.63, 3.8) is 0 Å². The summed E-state index contributed by atoms with van der Waals surface area (Å²) in [6.45, 7) is 2.40. The van der Waals surface area contributed by atoms with E-state index in [1.807, 2.05) is 0 Å². The van der Waals surface area contributed by atoms with E-state index in [9.17, 15) is 0 Å². The van der Waals surface area contributed by atoms with E-state index in [4.69, 9.17) is 0 Å². The maximum Gasteiger partial charge on any atom is 0.108 e. The molecule has 0 nitrogen and oxygen atoms in total. The largest absolute Gasteiger partial charge is 0.108 e. The molecule has 0 aromatic rings. The highest BCUT2D eigenvalue weighted by Gasteiger charge is 2.41. The summed E-state index contributed by atoms with van der Waals surface area (Å²) in [6, 6.07) is 0. The average molecular weight is 108 g/mol. The van der Waals surface area contributed by atoms with Crippen molar-refractivity contribution in [1.82, 2.24) is 0 Å². The molecular weight excluding hydrogens is 100 g/mol. The van der Waals surface area contributed by atoms with Gasteiger partial charge in [0.05, 0.1) is 0 Å². The molecule has 0 amide bonds. The fourth-order valence-electron chi connectivity index (χ4n) is 0.824. The van der Waals surface area contributed by atoms with Crippen molar-refractivity contribution < 1.29 is 0 Å². The van der Waals surface area contributed by atoms with Gasteiger partial charge in [-0.2, -0.15) is 0 Å². The molecule has 1 aliphatic carbocycles. The van der Waals surface area contributed by atoms with Crippen LogP contribution in [-0.4, -0.2) is 8.07 Å². The molecule has 7 heavy (non-hydrogen) atoms. The number of rotatable bonds is 1. The zero-order chi connectivity index (χ0) is 4.91. The smallest absolute Gasteiger partial charge is 0.0974 e. The van der Waals surface area contributed by atoms with Gasteiger partial charge in [-0.05, 0) is 5.54 Å². The molecule has 0 N–H and O–H groups in total. The summed E-state index contributed by atoms with van der Waals surface area (Å²) >= 11 is 0. The predicted octanol–water partition coefficient (Wildman–Crippen LogP) is 1.65. The molecule has 0 aromatic heterocycles. The Kier molecular flexibility index (Phi) is 0.409. The second-order valence-electron chi connectivity index (χ2n) is 2.61. The third-order valence-corrected chi connectivity index (χ3v) is 5.00. The minimum atomic E-state index is -0.735. The first-order valence-electron chi connectivity index (χ1n) is 2.70. The lowest BCUT2D eigenvalue weighted by Crippen LogP contribution is -2.10. The van der Waals surface area contributed by atoms with Crippen LogP contribution in [0.4, 0.5) is 0 Å². The molecular formula is C6H8Si. The highest BCUT2D eigenvalue weighted by molar-refractivity contribution is 6.99. The molecule has 2 aliphatic rings. The SMILES string of the molecule is C[Si]1(C2C=C2)C=C1. The number of hydrogen-bond donors (Lipinski definition) is 0. The topological polar surface area (TPSA) is 0 Å². The molecule has 1 aliphatic heterocycles. The van der Waals surface area contributed by atoms with E-state index in [0.29, 0.717) is 0 Å². The Hall–Kier alpha value is -0.303. The van der Waals surface area contributed by atoms with E-state index in [0.717, 1.165) is 5.54 Å². The molecule has 0 fully saturated rings. The van der Waals surface area contributed by atoms with Crippen LogP contribution in [-0.2, 0) is 0 Å². The molecule has 0 saturated carbocycles. The molecule has 0 aromatic carbocycles. The Morgan fingerprint density at radius 3 is 2.00 bits per heavy atom. The summed E-state index contributed by atoms with van der Waals surface area (Å²) in [5, 5.41) is 0. The molecule has 1 heteroatoms. The first-order chi connectivity index (χ1) is 3.31. The van der Waals surface area contributed by atoms with E-state index >= 15 is 0 Å². The Morgan fingerprint density at radius 1 is 1.29 bits per heavy atom. The van der Waals surface area contributed by atoms with Crippen molar-refractivity contribution in [3.8, 4) is 0 Å². The second kappa shape index (κ2) is 0.780. The fourth-order valence-corrected chi connectivity index (χ4v) is 3.26. The van der Waals surface area contributed by atoms with Crippen molar-refractivity contribution >= 4 is 8.07 Å². The Morgan fingerprint density at radius 2 is 1.86 bits per heavy atom. The Balaban J connectivity index is 2.08. The molecule has 36 valence electrons. The van der Waals surface area contributed by atoms with Crippen LogP contribution in [0.1, 0.15) is 0 Å². The summed E-state index contributed by atoms with van der Waals surface area (Å²) in [5.41, 5.74) is 5.74. The van der Waals surface area contributed by atoms with Gasteiger partial charge in [0.1, 0.15) is 8.07 Å². The molecule has 0 radical (unpaired) electrons. The van der Waals surface area contributed by atoms with Crippen molar-refractivity contribution in [2.24, 2.45) is 0 Å². The van der Waals surface area contributed by atoms with Gasteiger partial charge >= 0.3 is 0 Å². The van der Waals surface area contributed by atoms with E-state index in [-0.39, 0.29) is 0 Å². The average Bonchev–Trinajstić information content (AvgIpc) is 2.14. The lowest BCUT2D eigenvalue weighted by molar-refractivity contribution is 1.55. The summed E-state index contributed by atoms with van der Waals surface area (Å²) < 4.78 is 0. The standard InChI is InChI=1S/C6H8Si/c1-7(4-5-7)6-2-3-6/h2-6H,1H3. The second-order valence-corrected chi connectivity index (χ2v) is 6.68. The lowest BCUT2D eigenvalue weighted by Gasteiger charge is -1.99. The van der Waals surface area contributed by atoms with Crippen molar-refractivity contribution in [2.45, 2.75) is 12.1 Å². The van der Waals surface area contributed by atoms with E-state index in [1.165, 1.54) is 0 Å². The van der Waals surface area contributed by atoms with Crippen LogP contribution in [0.2, 0.25) is 12.1 Å². The van der Waals surface area contributed by atoms with Gasteiger partial charge in [-0.3, -0.25) is 0 Å². The van der Waals surface area contributed by atoms with Gasteiger partial charge in [0.2, 0.25) is 0 Å². The number of allylic oxidation sites excluding steroid dienone is 2. The molecule has 0 saturated heterocycles. The van der Waals surface area contributed by atoms with E-state index in [1.54, 1.807) is 0 Å². The molecule has 0 unspecified atom stereocenters. The van der Waals surface area contributed by atoms with Gasteiger partial charge in [-0.1, -0.05) is 30.1 Å². The molecule has 1 heterocycles. The predicted molar refractivity (Wildman–Crippen MR) is 33.6 cm³/mol. The molecule has 0 spiro atoms. The number of hydrogen-bond acceptors (Lipinski definition) is 0. The third kappa shape index (κ3) is 0.415. The minimum Gasteiger partial charge on any atom is -0.0974 e. The van der Waals surface area contributed by atoms with E-state index in [2.05, 4.69) is 30.1 Å². The van der Waals surface area contributed by atoms with Gasteiger partial charge in [0.25, 0.3) is 0 Å². The first kappa shape index (κ1) is 3.67. The third-order valence-electron chi connectivity index (χ3n) is 1.80. The molecule has 0 atom stereocenters. The van der Waals surface area contributed by atoms with Crippen LogP contribution in [0, 0.1) is 0 Å². The quantitative estimate of drug-likeness (QED) is 0.354. The summed E-state index contributed by atoms with van der Waals surface area (Å²) in [5.74, 6) is 0. The van der Waals surface area contributed by atoms with Gasteiger partial charge in [-0.15, -0.1) is 0 Å². The van der Waals surface area contributed by atoms with Crippen LogP contribution >= 0.6 is 0 Å². The fraction of sp³-hybridized carbons (Fsp3) is 0.333. The van der Waals surface area contributed by atoms with Crippen molar-refractivity contribution in [3.05, 3.63) is 23.6 Å². The summed E-state index contributed by atoms with van der Waals surface area (Å²) in [6.07, 6.45) is 4.62. The van der Waals surface area contributed by atoms with Crippen LogP contribution < -0.4 is 0 Å². The highest BCUT2D eigenvalue weighted by atomic mass is 28.3. The van der Waals surface area contributed by atoms with Crippen LogP contribution in [0.3, 0.4) is 0 Å². The maximum absolute atomic E-state index is 2.40. The summed E-state index contributed by atoms with van der Waals surface area (Å²) in [4.78, 5) is 0. The maximum atomic E-state index is 2.40. The lowest BCUT2D eigenvalue weighted by atomic mass is 10.9. The first-order valence-corrected chi connectivity index (χ1v) is 5.43. The van der Waals surface area contributed by atoms with Gasteiger partial charge in [0.15, 0.2) is 0 Å². The molecule has 0 bridgehead atoms. The Labute approximate surface area is 44.6 Å². The summed E-state index contributed by atoms with van der Waals surface area (Å²) in [7, 11) is -0.735. The Bertz CT molecular complexity index is 144. The van der Waals surface area contributed by atoms with Crippen molar-refractivity contribution in [2.75, 3.05) is 0 Å². The van der Waals surface area contributed by atoms with Crippen LogP contribution in [0.15, 0.2) is 23.6 Å². The van der Waals surface area contributed by atoms with Crippen LogP contribution in [0.5, 0.6) is 0 Å². The van der Waals surface area contributed by atoms with Crippen molar-refractivity contribution in [1.29, 1.82) is 0 Å². The van der Waals surface area contributed by atoms with Gasteiger partial charge in [0, 0.05) is 0 Å².